The Morgan fingerprint density at radius 3 is 2.91 bits per heavy atom. The van der Waals surface area contributed by atoms with Crippen LogP contribution in [0.25, 0.3) is 5.52 Å². The number of nitrogens with zero attached hydrogens (tertiary/aromatic N) is 2. The molecule has 0 spiro atoms. The molecule has 23 heavy (non-hydrogen) atoms. The third-order valence-corrected chi connectivity index (χ3v) is 3.80. The zero-order valence-electron chi connectivity index (χ0n) is 12.8. The number of ether oxygens (including phenoxy) is 1. The van der Waals surface area contributed by atoms with Gasteiger partial charge in [-0.15, -0.1) is 0 Å². The van der Waals surface area contributed by atoms with Crippen molar-refractivity contribution in [2.45, 2.75) is 13.3 Å². The lowest BCUT2D eigenvalue weighted by Crippen LogP contribution is -2.13. The SMILES string of the molecule is CCc1nc(C(=O)Nc2cc(Cl)ccc2OC)c2ccccn12. The van der Waals surface area contributed by atoms with E-state index in [1.807, 2.05) is 35.7 Å². The van der Waals surface area contributed by atoms with Gasteiger partial charge in [-0.1, -0.05) is 24.6 Å². The minimum Gasteiger partial charge on any atom is -0.495 e. The van der Waals surface area contributed by atoms with Crippen LogP contribution in [0.15, 0.2) is 42.6 Å². The molecule has 5 nitrogen and oxygen atoms in total. The monoisotopic (exact) mass is 329 g/mol. The maximum absolute atomic E-state index is 12.7. The van der Waals surface area contributed by atoms with Crippen molar-refractivity contribution in [2.24, 2.45) is 0 Å². The molecule has 2 aromatic heterocycles. The summed E-state index contributed by atoms with van der Waals surface area (Å²) < 4.78 is 7.17. The maximum Gasteiger partial charge on any atom is 0.276 e. The van der Waals surface area contributed by atoms with E-state index in [9.17, 15) is 4.79 Å². The molecule has 0 radical (unpaired) electrons. The molecular formula is C17H16ClN3O2. The standard InChI is InChI=1S/C17H16ClN3O2/c1-3-15-20-16(13-6-4-5-9-21(13)15)17(22)19-12-10-11(18)7-8-14(12)23-2/h4-10H,3H2,1-2H3,(H,19,22). The van der Waals surface area contributed by atoms with Crippen molar-refractivity contribution >= 4 is 28.7 Å². The molecule has 0 aliphatic rings. The van der Waals surface area contributed by atoms with Crippen LogP contribution >= 0.6 is 11.6 Å². The van der Waals surface area contributed by atoms with Crippen molar-refractivity contribution in [1.29, 1.82) is 0 Å². The molecule has 1 N–H and O–H groups in total. The van der Waals surface area contributed by atoms with Gasteiger partial charge in [-0.2, -0.15) is 0 Å². The smallest absolute Gasteiger partial charge is 0.276 e. The van der Waals surface area contributed by atoms with Crippen LogP contribution < -0.4 is 10.1 Å². The summed E-state index contributed by atoms with van der Waals surface area (Å²) in [7, 11) is 1.54. The molecule has 3 aromatic rings. The van der Waals surface area contributed by atoms with E-state index >= 15 is 0 Å². The summed E-state index contributed by atoms with van der Waals surface area (Å²) in [5, 5.41) is 3.34. The first-order valence-corrected chi connectivity index (χ1v) is 7.62. The fraction of sp³-hybridized carbons (Fsp3) is 0.176. The van der Waals surface area contributed by atoms with Crippen LogP contribution in [-0.2, 0) is 6.42 Å². The number of halogens is 1. The zero-order chi connectivity index (χ0) is 16.4. The molecule has 1 amide bonds. The van der Waals surface area contributed by atoms with E-state index in [1.54, 1.807) is 25.3 Å². The Labute approximate surface area is 138 Å². The first kappa shape index (κ1) is 15.4. The number of hydrogen-bond acceptors (Lipinski definition) is 3. The lowest BCUT2D eigenvalue weighted by Gasteiger charge is -2.09. The number of aryl methyl sites for hydroxylation is 1. The molecule has 0 bridgehead atoms. The molecular weight excluding hydrogens is 314 g/mol. The topological polar surface area (TPSA) is 55.6 Å². The molecule has 0 atom stereocenters. The van der Waals surface area contributed by atoms with Crippen LogP contribution in [0.4, 0.5) is 5.69 Å². The molecule has 1 aromatic carbocycles. The van der Waals surface area contributed by atoms with E-state index in [0.29, 0.717) is 22.2 Å². The maximum atomic E-state index is 12.7. The Morgan fingerprint density at radius 1 is 1.35 bits per heavy atom. The summed E-state index contributed by atoms with van der Waals surface area (Å²) in [4.78, 5) is 17.1. The molecule has 0 unspecified atom stereocenters. The highest BCUT2D eigenvalue weighted by atomic mass is 35.5. The summed E-state index contributed by atoms with van der Waals surface area (Å²) in [6, 6.07) is 10.7. The van der Waals surface area contributed by atoms with Gasteiger partial charge in [0.15, 0.2) is 5.69 Å². The van der Waals surface area contributed by atoms with E-state index in [-0.39, 0.29) is 5.91 Å². The number of fused-ring (bicyclic) bond motifs is 1. The van der Waals surface area contributed by atoms with Crippen LogP contribution in [0.3, 0.4) is 0 Å². The predicted octanol–water partition coefficient (Wildman–Crippen LogP) is 3.81. The number of anilines is 1. The Hall–Kier alpha value is -2.53. The lowest BCUT2D eigenvalue weighted by atomic mass is 10.2. The largest absolute Gasteiger partial charge is 0.495 e. The van der Waals surface area contributed by atoms with Crippen LogP contribution in [-0.4, -0.2) is 22.4 Å². The minimum atomic E-state index is -0.297. The summed E-state index contributed by atoms with van der Waals surface area (Å²) >= 11 is 6.00. The van der Waals surface area contributed by atoms with Crippen molar-refractivity contribution in [3.63, 3.8) is 0 Å². The number of carbonyl (C=O) groups excluding carboxylic acids is 1. The number of amides is 1. The van der Waals surface area contributed by atoms with Gasteiger partial charge in [0.05, 0.1) is 18.3 Å². The van der Waals surface area contributed by atoms with E-state index < -0.39 is 0 Å². The molecule has 2 heterocycles. The van der Waals surface area contributed by atoms with Crippen molar-refractivity contribution in [3.8, 4) is 5.75 Å². The van der Waals surface area contributed by atoms with Gasteiger partial charge in [-0.3, -0.25) is 4.79 Å². The second-order valence-corrected chi connectivity index (χ2v) is 5.42. The highest BCUT2D eigenvalue weighted by Gasteiger charge is 2.18. The normalized spacial score (nSPS) is 10.7. The first-order valence-electron chi connectivity index (χ1n) is 7.25. The molecule has 0 aliphatic heterocycles. The van der Waals surface area contributed by atoms with E-state index in [0.717, 1.165) is 17.8 Å². The summed E-state index contributed by atoms with van der Waals surface area (Å²) in [6.45, 7) is 2.00. The Bertz CT molecular complexity index is 873. The molecule has 6 heteroatoms. The fourth-order valence-corrected chi connectivity index (χ4v) is 2.65. The molecule has 0 fully saturated rings. The third-order valence-electron chi connectivity index (χ3n) is 3.56. The highest BCUT2D eigenvalue weighted by molar-refractivity contribution is 6.31. The summed E-state index contributed by atoms with van der Waals surface area (Å²) in [5.74, 6) is 1.08. The Kier molecular flexibility index (Phi) is 4.21. The number of carbonyl (C=O) groups is 1. The Balaban J connectivity index is 2.00. The number of rotatable bonds is 4. The predicted molar refractivity (Wildman–Crippen MR) is 90.5 cm³/mol. The third kappa shape index (κ3) is 2.87. The molecule has 118 valence electrons. The number of benzene rings is 1. The van der Waals surface area contributed by atoms with Gasteiger partial charge < -0.3 is 14.5 Å². The Morgan fingerprint density at radius 2 is 2.17 bits per heavy atom. The minimum absolute atomic E-state index is 0.297. The van der Waals surface area contributed by atoms with Crippen molar-refractivity contribution in [2.75, 3.05) is 12.4 Å². The number of aromatic nitrogens is 2. The van der Waals surface area contributed by atoms with Crippen molar-refractivity contribution in [1.82, 2.24) is 9.38 Å². The average Bonchev–Trinajstić information content (AvgIpc) is 2.94. The van der Waals surface area contributed by atoms with Crippen LogP contribution in [0.2, 0.25) is 5.02 Å². The number of nitrogens with one attached hydrogen (secondary N) is 1. The van der Waals surface area contributed by atoms with E-state index in [2.05, 4.69) is 10.3 Å². The average molecular weight is 330 g/mol. The number of pyridine rings is 1. The van der Waals surface area contributed by atoms with Gasteiger partial charge in [0.1, 0.15) is 11.6 Å². The van der Waals surface area contributed by atoms with Gasteiger partial charge in [0.2, 0.25) is 0 Å². The van der Waals surface area contributed by atoms with E-state index in [4.69, 9.17) is 16.3 Å². The van der Waals surface area contributed by atoms with Gasteiger partial charge in [0.25, 0.3) is 5.91 Å². The van der Waals surface area contributed by atoms with Gasteiger partial charge in [-0.25, -0.2) is 4.98 Å². The van der Waals surface area contributed by atoms with Gasteiger partial charge >= 0.3 is 0 Å². The van der Waals surface area contributed by atoms with Crippen LogP contribution in [0, 0.1) is 0 Å². The van der Waals surface area contributed by atoms with Crippen LogP contribution in [0.1, 0.15) is 23.2 Å². The zero-order valence-corrected chi connectivity index (χ0v) is 13.6. The second-order valence-electron chi connectivity index (χ2n) is 4.98. The van der Waals surface area contributed by atoms with Gasteiger partial charge in [0, 0.05) is 17.6 Å². The van der Waals surface area contributed by atoms with Gasteiger partial charge in [-0.05, 0) is 30.3 Å². The van der Waals surface area contributed by atoms with Crippen molar-refractivity contribution in [3.05, 3.63) is 59.1 Å². The number of methoxy groups -OCH3 is 1. The lowest BCUT2D eigenvalue weighted by molar-refractivity contribution is 0.102. The first-order chi connectivity index (χ1) is 11.1. The fourth-order valence-electron chi connectivity index (χ4n) is 2.48. The van der Waals surface area contributed by atoms with E-state index in [1.165, 1.54) is 0 Å². The highest BCUT2D eigenvalue weighted by Crippen LogP contribution is 2.28. The molecule has 0 saturated carbocycles. The quantitative estimate of drug-likeness (QED) is 0.791. The molecule has 0 aliphatic carbocycles. The van der Waals surface area contributed by atoms with Crippen molar-refractivity contribution < 1.29 is 9.53 Å². The molecule has 3 rings (SSSR count). The summed E-state index contributed by atoms with van der Waals surface area (Å²) in [6.07, 6.45) is 2.64. The summed E-state index contributed by atoms with van der Waals surface area (Å²) in [5.41, 5.74) is 1.66. The number of hydrogen-bond donors (Lipinski definition) is 1. The number of imidazole rings is 1. The second kappa shape index (κ2) is 6.30. The van der Waals surface area contributed by atoms with Crippen LogP contribution in [0.5, 0.6) is 5.75 Å². The molecule has 0 saturated heterocycles.